The molecule has 0 saturated carbocycles. The molecule has 0 spiro atoms. The average molecular weight is 429 g/mol. The number of hydrogen-bond acceptors (Lipinski definition) is 6. The zero-order chi connectivity index (χ0) is 22.2. The molecule has 31 heavy (non-hydrogen) atoms. The van der Waals surface area contributed by atoms with Crippen LogP contribution in [0, 0.1) is 24.7 Å². The van der Waals surface area contributed by atoms with Crippen molar-refractivity contribution in [2.75, 3.05) is 98.2 Å². The zero-order valence-electron chi connectivity index (χ0n) is 18.8. The Morgan fingerprint density at radius 2 is 1.16 bits per heavy atom. The summed E-state index contributed by atoms with van der Waals surface area (Å²) in [5.74, 6) is 5.73. The van der Waals surface area contributed by atoms with E-state index in [1.807, 2.05) is 9.80 Å². The summed E-state index contributed by atoms with van der Waals surface area (Å²) in [5.41, 5.74) is 0. The second-order valence-corrected chi connectivity index (χ2v) is 8.78. The molecule has 8 nitrogen and oxygen atoms in total. The van der Waals surface area contributed by atoms with E-state index in [1.165, 1.54) is 0 Å². The molecule has 0 aliphatic carbocycles. The molecule has 3 aliphatic heterocycles. The molecule has 0 unspecified atom stereocenters. The van der Waals surface area contributed by atoms with Crippen LogP contribution in [0.1, 0.15) is 6.92 Å². The highest BCUT2D eigenvalue weighted by atomic mass is 16.2. The minimum atomic E-state index is 0.196. The molecule has 0 aromatic heterocycles. The smallest absolute Gasteiger partial charge is 0.236 e. The fraction of sp³-hybridized carbons (Fsp3) is 0.739. The monoisotopic (exact) mass is 428 g/mol. The van der Waals surface area contributed by atoms with Crippen LogP contribution < -0.4 is 0 Å². The minimum absolute atomic E-state index is 0.196. The summed E-state index contributed by atoms with van der Waals surface area (Å²) in [6.45, 7) is 13.2. The minimum Gasteiger partial charge on any atom is -0.339 e. The van der Waals surface area contributed by atoms with Crippen LogP contribution in [0.15, 0.2) is 0 Å². The van der Waals surface area contributed by atoms with Gasteiger partial charge in [-0.3, -0.25) is 29.2 Å². The number of amides is 2. The second kappa shape index (κ2) is 11.5. The highest BCUT2D eigenvalue weighted by Gasteiger charge is 2.30. The first-order chi connectivity index (χ1) is 15.0. The van der Waals surface area contributed by atoms with Crippen molar-refractivity contribution in [3.8, 4) is 24.7 Å². The van der Waals surface area contributed by atoms with Gasteiger partial charge in [-0.2, -0.15) is 0 Å². The summed E-state index contributed by atoms with van der Waals surface area (Å²) in [5, 5.41) is 0. The van der Waals surface area contributed by atoms with Gasteiger partial charge in [0.05, 0.1) is 26.2 Å². The zero-order valence-corrected chi connectivity index (χ0v) is 18.8. The fourth-order valence-corrected chi connectivity index (χ4v) is 4.58. The largest absolute Gasteiger partial charge is 0.339 e. The van der Waals surface area contributed by atoms with Crippen molar-refractivity contribution < 1.29 is 9.59 Å². The third-order valence-corrected chi connectivity index (χ3v) is 6.63. The van der Waals surface area contributed by atoms with Crippen molar-refractivity contribution in [2.24, 2.45) is 0 Å². The second-order valence-electron chi connectivity index (χ2n) is 8.78. The Morgan fingerprint density at radius 3 is 1.61 bits per heavy atom. The van der Waals surface area contributed by atoms with Gasteiger partial charge in [0.1, 0.15) is 0 Å². The number of nitrogens with zero attached hydrogens (tertiary/aromatic N) is 6. The van der Waals surface area contributed by atoms with Crippen LogP contribution in [0.3, 0.4) is 0 Å². The highest BCUT2D eigenvalue weighted by Crippen LogP contribution is 2.12. The Morgan fingerprint density at radius 1 is 0.710 bits per heavy atom. The van der Waals surface area contributed by atoms with Gasteiger partial charge in [0.15, 0.2) is 0 Å². The van der Waals surface area contributed by atoms with E-state index in [-0.39, 0.29) is 17.9 Å². The van der Waals surface area contributed by atoms with Crippen molar-refractivity contribution in [3.63, 3.8) is 0 Å². The summed E-state index contributed by atoms with van der Waals surface area (Å²) < 4.78 is 0. The predicted octanol–water partition coefficient (Wildman–Crippen LogP) is -1.45. The number of piperazine rings is 3. The molecule has 0 radical (unpaired) electrons. The Labute approximate surface area is 187 Å². The van der Waals surface area contributed by atoms with Crippen molar-refractivity contribution >= 4 is 11.8 Å². The summed E-state index contributed by atoms with van der Waals surface area (Å²) in [6, 6.07) is 0.251. The Bertz CT molecular complexity index is 698. The molecule has 170 valence electrons. The molecular formula is C23H36N6O2. The molecule has 2 amide bonds. The van der Waals surface area contributed by atoms with E-state index in [1.54, 1.807) is 0 Å². The van der Waals surface area contributed by atoms with Crippen molar-refractivity contribution in [1.82, 2.24) is 29.4 Å². The lowest BCUT2D eigenvalue weighted by atomic mass is 10.1. The summed E-state index contributed by atoms with van der Waals surface area (Å²) in [6.07, 6.45) is 10.8. The third kappa shape index (κ3) is 6.69. The molecule has 3 saturated heterocycles. The molecule has 0 aromatic carbocycles. The standard InChI is InChI=1S/C23H36N6O2/c1-4-6-24-8-13-27(14-9-24)22(30)19-26-12-17-29(21(3)18-26)20-23(31)28-15-10-25(7-5-2)11-16-28/h1-2,21H,6-20H2,3H3/t21-/m0/s1. The lowest BCUT2D eigenvalue weighted by Gasteiger charge is -2.41. The summed E-state index contributed by atoms with van der Waals surface area (Å²) >= 11 is 0. The van der Waals surface area contributed by atoms with Crippen LogP contribution in [0.25, 0.3) is 0 Å². The van der Waals surface area contributed by atoms with Crippen LogP contribution in [-0.2, 0) is 9.59 Å². The first-order valence-electron chi connectivity index (χ1n) is 11.3. The van der Waals surface area contributed by atoms with Crippen molar-refractivity contribution in [1.29, 1.82) is 0 Å². The van der Waals surface area contributed by atoms with Crippen LogP contribution in [-0.4, -0.2) is 145 Å². The normalized spacial score (nSPS) is 24.5. The maximum Gasteiger partial charge on any atom is 0.236 e. The summed E-state index contributed by atoms with van der Waals surface area (Å²) in [4.78, 5) is 38.2. The summed E-state index contributed by atoms with van der Waals surface area (Å²) in [7, 11) is 0. The van der Waals surface area contributed by atoms with Crippen LogP contribution in [0.4, 0.5) is 0 Å². The average Bonchev–Trinajstić information content (AvgIpc) is 2.77. The predicted molar refractivity (Wildman–Crippen MR) is 121 cm³/mol. The Hall–Kier alpha value is -2.10. The lowest BCUT2D eigenvalue weighted by molar-refractivity contribution is -0.137. The molecule has 0 bridgehead atoms. The van der Waals surface area contributed by atoms with Crippen LogP contribution in [0.2, 0.25) is 0 Å². The van der Waals surface area contributed by atoms with E-state index in [2.05, 4.69) is 38.4 Å². The van der Waals surface area contributed by atoms with E-state index in [0.29, 0.717) is 26.2 Å². The van der Waals surface area contributed by atoms with Gasteiger partial charge in [-0.15, -0.1) is 12.8 Å². The molecule has 8 heteroatoms. The maximum absolute atomic E-state index is 12.8. The maximum atomic E-state index is 12.8. The third-order valence-electron chi connectivity index (χ3n) is 6.63. The quantitative estimate of drug-likeness (QED) is 0.483. The van der Waals surface area contributed by atoms with E-state index in [0.717, 1.165) is 72.0 Å². The highest BCUT2D eigenvalue weighted by molar-refractivity contribution is 5.79. The fourth-order valence-electron chi connectivity index (χ4n) is 4.58. The topological polar surface area (TPSA) is 53.6 Å². The van der Waals surface area contributed by atoms with E-state index in [4.69, 9.17) is 12.8 Å². The van der Waals surface area contributed by atoms with Gasteiger partial charge in [0, 0.05) is 78.0 Å². The Kier molecular flexibility index (Phi) is 8.74. The van der Waals surface area contributed by atoms with E-state index in [9.17, 15) is 9.59 Å². The van der Waals surface area contributed by atoms with Crippen molar-refractivity contribution in [3.05, 3.63) is 0 Å². The number of rotatable bonds is 6. The molecule has 0 N–H and O–H groups in total. The molecule has 3 heterocycles. The Balaban J connectivity index is 1.38. The molecule has 1 atom stereocenters. The van der Waals surface area contributed by atoms with Gasteiger partial charge in [0.2, 0.25) is 11.8 Å². The molecular weight excluding hydrogens is 392 g/mol. The molecule has 3 fully saturated rings. The number of carbonyl (C=O) groups excluding carboxylic acids is 2. The van der Waals surface area contributed by atoms with Gasteiger partial charge in [-0.25, -0.2) is 0 Å². The SMILES string of the molecule is C#CCN1CCN(C(=O)CN2CCN(CC(=O)N3CCN(CC#C)CC3)[C@@H](C)C2)CC1. The van der Waals surface area contributed by atoms with Gasteiger partial charge in [-0.05, 0) is 6.92 Å². The number of hydrogen-bond donors (Lipinski definition) is 0. The van der Waals surface area contributed by atoms with Gasteiger partial charge >= 0.3 is 0 Å². The van der Waals surface area contributed by atoms with Gasteiger partial charge < -0.3 is 9.80 Å². The van der Waals surface area contributed by atoms with E-state index >= 15 is 0 Å². The van der Waals surface area contributed by atoms with Crippen LogP contribution in [0.5, 0.6) is 0 Å². The van der Waals surface area contributed by atoms with E-state index < -0.39 is 0 Å². The van der Waals surface area contributed by atoms with Gasteiger partial charge in [0.25, 0.3) is 0 Å². The van der Waals surface area contributed by atoms with Crippen molar-refractivity contribution in [2.45, 2.75) is 13.0 Å². The lowest BCUT2D eigenvalue weighted by Crippen LogP contribution is -2.58. The van der Waals surface area contributed by atoms with Crippen LogP contribution >= 0.6 is 0 Å². The molecule has 0 aromatic rings. The molecule has 3 aliphatic rings. The number of carbonyl (C=O) groups is 2. The first-order valence-corrected chi connectivity index (χ1v) is 11.3. The molecule has 3 rings (SSSR count). The number of terminal acetylenes is 2. The first kappa shape index (κ1) is 23.6. The van der Waals surface area contributed by atoms with Gasteiger partial charge in [-0.1, -0.05) is 11.8 Å².